The lowest BCUT2D eigenvalue weighted by atomic mass is 9.74. The van der Waals surface area contributed by atoms with Crippen LogP contribution < -0.4 is 0 Å². The van der Waals surface area contributed by atoms with E-state index in [2.05, 4.69) is 15.5 Å². The summed E-state index contributed by atoms with van der Waals surface area (Å²) < 4.78 is 7.11. The third-order valence-electron chi connectivity index (χ3n) is 4.86. The van der Waals surface area contributed by atoms with Gasteiger partial charge in [-0.3, -0.25) is 4.79 Å². The van der Waals surface area contributed by atoms with Gasteiger partial charge in [0.2, 0.25) is 0 Å². The fourth-order valence-corrected chi connectivity index (χ4v) is 3.53. The van der Waals surface area contributed by atoms with Crippen LogP contribution in [0, 0.1) is 5.41 Å². The average molecular weight is 294 g/mol. The molecular formula is C14H22N4O3. The molecule has 2 heterocycles. The van der Waals surface area contributed by atoms with Crippen molar-refractivity contribution in [1.29, 1.82) is 0 Å². The minimum absolute atomic E-state index is 0.281. The topological polar surface area (TPSA) is 90.1 Å². The zero-order chi connectivity index (χ0) is 14.7. The molecule has 1 aliphatic carbocycles. The molecule has 1 aromatic heterocycles. The van der Waals surface area contributed by atoms with E-state index in [1.165, 1.54) is 0 Å². The Morgan fingerprint density at radius 1 is 1.29 bits per heavy atom. The highest BCUT2D eigenvalue weighted by atomic mass is 16.5. The Morgan fingerprint density at radius 2 is 2.00 bits per heavy atom. The summed E-state index contributed by atoms with van der Waals surface area (Å²) in [5.41, 5.74) is -0.701. The van der Waals surface area contributed by atoms with Gasteiger partial charge in [-0.05, 0) is 36.1 Å². The first-order chi connectivity index (χ1) is 10.2. The number of tetrazole rings is 1. The molecule has 21 heavy (non-hydrogen) atoms. The molecule has 116 valence electrons. The molecule has 0 amide bonds. The minimum Gasteiger partial charge on any atom is -0.481 e. The summed E-state index contributed by atoms with van der Waals surface area (Å²) in [5, 5.41) is 21.7. The highest BCUT2D eigenvalue weighted by Gasteiger charge is 2.41. The monoisotopic (exact) mass is 294 g/mol. The zero-order valence-electron chi connectivity index (χ0n) is 12.2. The highest BCUT2D eigenvalue weighted by molar-refractivity contribution is 5.74. The molecule has 0 unspecified atom stereocenters. The normalized spacial score (nSPS) is 23.0. The largest absolute Gasteiger partial charge is 0.481 e. The van der Waals surface area contributed by atoms with Crippen molar-refractivity contribution < 1.29 is 14.6 Å². The molecule has 3 rings (SSSR count). The molecule has 0 bridgehead atoms. The molecule has 2 fully saturated rings. The second kappa shape index (κ2) is 6.09. The van der Waals surface area contributed by atoms with Crippen LogP contribution in [-0.4, -0.2) is 44.5 Å². The van der Waals surface area contributed by atoms with E-state index >= 15 is 0 Å². The fourth-order valence-electron chi connectivity index (χ4n) is 3.53. The second-order valence-electron chi connectivity index (χ2n) is 6.23. The quantitative estimate of drug-likeness (QED) is 0.907. The molecule has 1 saturated carbocycles. The van der Waals surface area contributed by atoms with Gasteiger partial charge in [0.1, 0.15) is 0 Å². The highest BCUT2D eigenvalue weighted by Crippen LogP contribution is 2.38. The number of aliphatic carboxylic acids is 1. The standard InChI is InChI=1S/C14H22N4O3/c19-13(20)14(6-2-1-3-7-14)10-18-12(15-16-17-18)11-4-8-21-9-5-11/h11H,1-10H2,(H,19,20). The number of hydrogen-bond donors (Lipinski definition) is 1. The number of aromatic nitrogens is 4. The van der Waals surface area contributed by atoms with Gasteiger partial charge in [0.15, 0.2) is 5.82 Å². The fraction of sp³-hybridized carbons (Fsp3) is 0.857. The summed E-state index contributed by atoms with van der Waals surface area (Å²) >= 11 is 0. The molecule has 1 saturated heterocycles. The number of nitrogens with zero attached hydrogens (tertiary/aromatic N) is 4. The van der Waals surface area contributed by atoms with Crippen molar-refractivity contribution in [3.63, 3.8) is 0 Å². The summed E-state index contributed by atoms with van der Waals surface area (Å²) in [6, 6.07) is 0. The van der Waals surface area contributed by atoms with Crippen LogP contribution in [0.3, 0.4) is 0 Å². The van der Waals surface area contributed by atoms with Gasteiger partial charge in [-0.2, -0.15) is 0 Å². The van der Waals surface area contributed by atoms with E-state index < -0.39 is 11.4 Å². The van der Waals surface area contributed by atoms with E-state index in [4.69, 9.17) is 4.74 Å². The summed E-state index contributed by atoms with van der Waals surface area (Å²) in [7, 11) is 0. The van der Waals surface area contributed by atoms with Crippen LogP contribution in [0.1, 0.15) is 56.7 Å². The molecule has 0 atom stereocenters. The maximum atomic E-state index is 11.8. The van der Waals surface area contributed by atoms with E-state index in [-0.39, 0.29) is 5.92 Å². The molecule has 2 aliphatic rings. The lowest BCUT2D eigenvalue weighted by Crippen LogP contribution is -2.38. The Morgan fingerprint density at radius 3 is 2.67 bits per heavy atom. The molecule has 7 nitrogen and oxygen atoms in total. The lowest BCUT2D eigenvalue weighted by Gasteiger charge is -2.33. The molecule has 1 aromatic rings. The van der Waals surface area contributed by atoms with Crippen LogP contribution in [0.25, 0.3) is 0 Å². The summed E-state index contributed by atoms with van der Waals surface area (Å²) in [6.07, 6.45) is 6.31. The Labute approximate surface area is 123 Å². The summed E-state index contributed by atoms with van der Waals surface area (Å²) in [4.78, 5) is 11.8. The number of carboxylic acid groups (broad SMARTS) is 1. The van der Waals surface area contributed by atoms with Crippen molar-refractivity contribution in [2.24, 2.45) is 5.41 Å². The Bertz CT molecular complexity index is 490. The molecule has 1 N–H and O–H groups in total. The molecule has 0 spiro atoms. The third-order valence-corrected chi connectivity index (χ3v) is 4.86. The Kier molecular flexibility index (Phi) is 4.19. The molecular weight excluding hydrogens is 272 g/mol. The van der Waals surface area contributed by atoms with Crippen LogP contribution in [0.4, 0.5) is 0 Å². The van der Waals surface area contributed by atoms with Crippen molar-refractivity contribution in [2.75, 3.05) is 13.2 Å². The van der Waals surface area contributed by atoms with Crippen molar-refractivity contribution in [2.45, 2.75) is 57.4 Å². The predicted octanol–water partition coefficient (Wildman–Crippen LogP) is 1.60. The van der Waals surface area contributed by atoms with E-state index in [1.54, 1.807) is 4.68 Å². The number of ether oxygens (including phenoxy) is 1. The second-order valence-corrected chi connectivity index (χ2v) is 6.23. The van der Waals surface area contributed by atoms with Gasteiger partial charge in [-0.1, -0.05) is 19.3 Å². The van der Waals surface area contributed by atoms with Crippen molar-refractivity contribution in [1.82, 2.24) is 20.2 Å². The van der Waals surface area contributed by atoms with Crippen LogP contribution in [0.2, 0.25) is 0 Å². The number of hydrogen-bond acceptors (Lipinski definition) is 5. The van der Waals surface area contributed by atoms with Crippen molar-refractivity contribution >= 4 is 5.97 Å². The molecule has 0 aromatic carbocycles. The van der Waals surface area contributed by atoms with E-state index in [0.717, 1.165) is 64.0 Å². The summed E-state index contributed by atoms with van der Waals surface area (Å²) in [5.74, 6) is 0.392. The van der Waals surface area contributed by atoms with Crippen LogP contribution >= 0.6 is 0 Å². The SMILES string of the molecule is O=C(O)C1(Cn2nnnc2C2CCOCC2)CCCCC1. The van der Waals surface area contributed by atoms with Crippen LogP contribution in [0.15, 0.2) is 0 Å². The maximum Gasteiger partial charge on any atom is 0.311 e. The van der Waals surface area contributed by atoms with Crippen molar-refractivity contribution in [3.8, 4) is 0 Å². The van der Waals surface area contributed by atoms with Crippen LogP contribution in [0.5, 0.6) is 0 Å². The summed E-state index contributed by atoms with van der Waals surface area (Å²) in [6.45, 7) is 1.84. The van der Waals surface area contributed by atoms with Crippen molar-refractivity contribution in [3.05, 3.63) is 5.82 Å². The van der Waals surface area contributed by atoms with E-state index in [0.29, 0.717) is 6.54 Å². The van der Waals surface area contributed by atoms with Gasteiger partial charge in [0, 0.05) is 19.1 Å². The first-order valence-electron chi connectivity index (χ1n) is 7.78. The predicted molar refractivity (Wildman–Crippen MR) is 73.8 cm³/mol. The minimum atomic E-state index is -0.712. The van der Waals surface area contributed by atoms with Gasteiger partial charge in [-0.15, -0.1) is 5.10 Å². The maximum absolute atomic E-state index is 11.8. The molecule has 0 radical (unpaired) electrons. The van der Waals surface area contributed by atoms with Crippen LogP contribution in [-0.2, 0) is 16.1 Å². The van der Waals surface area contributed by atoms with Gasteiger partial charge in [0.05, 0.1) is 12.0 Å². The van der Waals surface area contributed by atoms with E-state index in [9.17, 15) is 9.90 Å². The lowest BCUT2D eigenvalue weighted by molar-refractivity contribution is -0.152. The molecule has 7 heteroatoms. The smallest absolute Gasteiger partial charge is 0.311 e. The van der Waals surface area contributed by atoms with E-state index in [1.807, 2.05) is 0 Å². The third kappa shape index (κ3) is 2.92. The number of rotatable bonds is 4. The average Bonchev–Trinajstić information content (AvgIpc) is 2.97. The Hall–Kier alpha value is -1.50. The van der Waals surface area contributed by atoms with Gasteiger partial charge >= 0.3 is 5.97 Å². The van der Waals surface area contributed by atoms with Gasteiger partial charge in [0.25, 0.3) is 0 Å². The number of carboxylic acids is 1. The first-order valence-corrected chi connectivity index (χ1v) is 7.78. The Balaban J connectivity index is 1.80. The molecule has 1 aliphatic heterocycles. The number of carbonyl (C=O) groups is 1. The zero-order valence-corrected chi connectivity index (χ0v) is 12.2. The first kappa shape index (κ1) is 14.4. The van der Waals surface area contributed by atoms with Gasteiger partial charge in [-0.25, -0.2) is 4.68 Å². The van der Waals surface area contributed by atoms with Gasteiger partial charge < -0.3 is 9.84 Å².